The highest BCUT2D eigenvalue weighted by Gasteiger charge is 2.11. The molecular formula is C23H16Cl2O4. The Hall–Kier alpha value is -2.95. The van der Waals surface area contributed by atoms with E-state index in [1.165, 1.54) is 6.26 Å². The molecule has 1 aromatic heterocycles. The van der Waals surface area contributed by atoms with Crippen LogP contribution in [-0.4, -0.2) is 0 Å². The first-order valence-corrected chi connectivity index (χ1v) is 9.62. The van der Waals surface area contributed by atoms with Crippen molar-refractivity contribution in [3.8, 4) is 17.2 Å². The van der Waals surface area contributed by atoms with Crippen molar-refractivity contribution < 1.29 is 13.9 Å². The molecule has 0 radical (unpaired) electrons. The Balaban J connectivity index is 1.58. The Kier molecular flexibility index (Phi) is 5.47. The van der Waals surface area contributed by atoms with E-state index in [0.717, 1.165) is 5.56 Å². The molecule has 0 saturated heterocycles. The zero-order chi connectivity index (χ0) is 20.4. The molecule has 0 bridgehead atoms. The van der Waals surface area contributed by atoms with Crippen molar-refractivity contribution in [3.63, 3.8) is 0 Å². The van der Waals surface area contributed by atoms with Gasteiger partial charge in [0.15, 0.2) is 0 Å². The molecule has 0 aliphatic heterocycles. The predicted octanol–water partition coefficient (Wildman–Crippen LogP) is 6.78. The monoisotopic (exact) mass is 426 g/mol. The summed E-state index contributed by atoms with van der Waals surface area (Å²) >= 11 is 12.3. The van der Waals surface area contributed by atoms with Gasteiger partial charge in [0.1, 0.15) is 30.0 Å². The molecule has 0 N–H and O–H groups in total. The topological polar surface area (TPSA) is 48.7 Å². The van der Waals surface area contributed by atoms with Crippen LogP contribution in [0.4, 0.5) is 0 Å². The minimum Gasteiger partial charge on any atom is -0.489 e. The van der Waals surface area contributed by atoms with Gasteiger partial charge in [-0.3, -0.25) is 4.79 Å². The van der Waals surface area contributed by atoms with Crippen LogP contribution in [0.25, 0.3) is 11.0 Å². The van der Waals surface area contributed by atoms with Crippen LogP contribution in [0.2, 0.25) is 10.0 Å². The number of rotatable bonds is 5. The van der Waals surface area contributed by atoms with Crippen molar-refractivity contribution in [2.45, 2.75) is 13.5 Å². The average Bonchev–Trinajstić information content (AvgIpc) is 2.70. The van der Waals surface area contributed by atoms with Gasteiger partial charge in [0, 0.05) is 21.7 Å². The van der Waals surface area contributed by atoms with Crippen LogP contribution in [-0.2, 0) is 6.61 Å². The lowest BCUT2D eigenvalue weighted by molar-refractivity contribution is 0.306. The molecule has 4 rings (SSSR count). The maximum Gasteiger partial charge on any atom is 0.235 e. The lowest BCUT2D eigenvalue weighted by Gasteiger charge is -2.10. The lowest BCUT2D eigenvalue weighted by Crippen LogP contribution is -2.05. The Bertz CT molecular complexity index is 1230. The molecule has 0 fully saturated rings. The van der Waals surface area contributed by atoms with Crippen molar-refractivity contribution in [2.24, 2.45) is 0 Å². The maximum atomic E-state index is 12.7. The van der Waals surface area contributed by atoms with E-state index in [0.29, 0.717) is 38.1 Å². The van der Waals surface area contributed by atoms with E-state index < -0.39 is 0 Å². The van der Waals surface area contributed by atoms with Crippen LogP contribution in [0.5, 0.6) is 17.2 Å². The van der Waals surface area contributed by atoms with Gasteiger partial charge in [-0.05, 0) is 48.9 Å². The molecule has 146 valence electrons. The molecule has 1 heterocycles. The molecule has 4 nitrogen and oxygen atoms in total. The third-order valence-electron chi connectivity index (χ3n) is 4.38. The largest absolute Gasteiger partial charge is 0.489 e. The highest BCUT2D eigenvalue weighted by Crippen LogP contribution is 2.28. The van der Waals surface area contributed by atoms with Crippen LogP contribution in [0.1, 0.15) is 11.1 Å². The molecule has 3 aromatic carbocycles. The van der Waals surface area contributed by atoms with E-state index in [2.05, 4.69) is 0 Å². The minimum atomic E-state index is -0.256. The van der Waals surface area contributed by atoms with Crippen LogP contribution in [0, 0.1) is 6.92 Å². The van der Waals surface area contributed by atoms with Gasteiger partial charge in [-0.15, -0.1) is 0 Å². The SMILES string of the molecule is Cc1cccc(Oc2coc3cc(OCc4c(Cl)cccc4Cl)ccc3c2=O)c1. The maximum absolute atomic E-state index is 12.7. The Morgan fingerprint density at radius 1 is 0.931 bits per heavy atom. The van der Waals surface area contributed by atoms with Gasteiger partial charge in [-0.25, -0.2) is 0 Å². The molecule has 6 heteroatoms. The highest BCUT2D eigenvalue weighted by molar-refractivity contribution is 6.35. The van der Waals surface area contributed by atoms with Crippen LogP contribution in [0.3, 0.4) is 0 Å². The Morgan fingerprint density at radius 2 is 1.69 bits per heavy atom. The van der Waals surface area contributed by atoms with Gasteiger partial charge >= 0.3 is 0 Å². The fourth-order valence-electron chi connectivity index (χ4n) is 2.88. The number of hydrogen-bond acceptors (Lipinski definition) is 4. The van der Waals surface area contributed by atoms with Gasteiger partial charge in [0.2, 0.25) is 11.2 Å². The van der Waals surface area contributed by atoms with Gasteiger partial charge in [-0.2, -0.15) is 0 Å². The van der Waals surface area contributed by atoms with Crippen molar-refractivity contribution in [1.82, 2.24) is 0 Å². The highest BCUT2D eigenvalue weighted by atomic mass is 35.5. The molecular weight excluding hydrogens is 411 g/mol. The first kappa shape index (κ1) is 19.4. The Labute approximate surface area is 177 Å². The van der Waals surface area contributed by atoms with Crippen molar-refractivity contribution >= 4 is 34.2 Å². The number of ether oxygens (including phenoxy) is 2. The summed E-state index contributed by atoms with van der Waals surface area (Å²) in [5.41, 5.74) is 1.87. The average molecular weight is 427 g/mol. The molecule has 0 amide bonds. The molecule has 0 unspecified atom stereocenters. The second-order valence-electron chi connectivity index (χ2n) is 6.49. The third-order valence-corrected chi connectivity index (χ3v) is 5.08. The molecule has 29 heavy (non-hydrogen) atoms. The number of hydrogen-bond donors (Lipinski definition) is 0. The quantitative estimate of drug-likeness (QED) is 0.352. The summed E-state index contributed by atoms with van der Waals surface area (Å²) in [6.07, 6.45) is 1.31. The van der Waals surface area contributed by atoms with E-state index in [4.69, 9.17) is 37.1 Å². The molecule has 0 aliphatic carbocycles. The minimum absolute atomic E-state index is 0.125. The second-order valence-corrected chi connectivity index (χ2v) is 7.31. The summed E-state index contributed by atoms with van der Waals surface area (Å²) in [4.78, 5) is 12.7. The summed E-state index contributed by atoms with van der Waals surface area (Å²) in [6, 6.07) is 17.7. The third kappa shape index (κ3) is 4.24. The van der Waals surface area contributed by atoms with Crippen LogP contribution < -0.4 is 14.9 Å². The standard InChI is InChI=1S/C23H16Cl2O4/c1-14-4-2-5-16(10-14)29-22-13-28-21-11-15(8-9-17(21)23(22)26)27-12-18-19(24)6-3-7-20(18)25/h2-11,13H,12H2,1H3. The number of benzene rings is 3. The molecule has 0 spiro atoms. The van der Waals surface area contributed by atoms with Crippen molar-refractivity contribution in [1.29, 1.82) is 0 Å². The van der Waals surface area contributed by atoms with E-state index in [1.54, 1.807) is 42.5 Å². The summed E-state index contributed by atoms with van der Waals surface area (Å²) in [5.74, 6) is 1.23. The predicted molar refractivity (Wildman–Crippen MR) is 115 cm³/mol. The first-order valence-electron chi connectivity index (χ1n) is 8.87. The van der Waals surface area contributed by atoms with Gasteiger partial charge in [-0.1, -0.05) is 41.4 Å². The van der Waals surface area contributed by atoms with Gasteiger partial charge < -0.3 is 13.9 Å². The second kappa shape index (κ2) is 8.19. The van der Waals surface area contributed by atoms with E-state index in [-0.39, 0.29) is 17.8 Å². The first-order chi connectivity index (χ1) is 14.0. The molecule has 0 saturated carbocycles. The summed E-state index contributed by atoms with van der Waals surface area (Å²) in [6.45, 7) is 2.15. The zero-order valence-corrected chi connectivity index (χ0v) is 17.0. The molecule has 4 aromatic rings. The van der Waals surface area contributed by atoms with Crippen LogP contribution >= 0.6 is 23.2 Å². The fraction of sp³-hybridized carbons (Fsp3) is 0.0870. The van der Waals surface area contributed by atoms with Crippen LogP contribution in [0.15, 0.2) is 76.1 Å². The van der Waals surface area contributed by atoms with Gasteiger partial charge in [0.05, 0.1) is 5.39 Å². The molecule has 0 aliphatic rings. The van der Waals surface area contributed by atoms with Gasteiger partial charge in [0.25, 0.3) is 0 Å². The van der Waals surface area contributed by atoms with Crippen molar-refractivity contribution in [3.05, 3.63) is 98.3 Å². The number of aryl methyl sites for hydroxylation is 1. The zero-order valence-electron chi connectivity index (χ0n) is 15.4. The van der Waals surface area contributed by atoms with Crippen molar-refractivity contribution in [2.75, 3.05) is 0 Å². The lowest BCUT2D eigenvalue weighted by atomic mass is 10.2. The smallest absolute Gasteiger partial charge is 0.235 e. The fourth-order valence-corrected chi connectivity index (χ4v) is 3.39. The molecule has 0 atom stereocenters. The Morgan fingerprint density at radius 3 is 2.45 bits per heavy atom. The van der Waals surface area contributed by atoms with E-state index in [9.17, 15) is 4.79 Å². The van der Waals surface area contributed by atoms with E-state index >= 15 is 0 Å². The number of halogens is 2. The summed E-state index contributed by atoms with van der Waals surface area (Å²) < 4.78 is 17.1. The van der Waals surface area contributed by atoms with E-state index in [1.807, 2.05) is 25.1 Å². The number of fused-ring (bicyclic) bond motifs is 1. The normalized spacial score (nSPS) is 10.9. The summed E-state index contributed by atoms with van der Waals surface area (Å²) in [7, 11) is 0. The summed E-state index contributed by atoms with van der Waals surface area (Å²) in [5, 5.41) is 1.46.